The van der Waals surface area contributed by atoms with Crippen LogP contribution in [-0.2, 0) is 20.9 Å². The summed E-state index contributed by atoms with van der Waals surface area (Å²) < 4.78 is 0. The number of hydrogen-bond donors (Lipinski definition) is 0. The molecule has 0 aliphatic carbocycles. The topological polar surface area (TPSA) is 57.7 Å². The molecule has 1 saturated heterocycles. The second kappa shape index (κ2) is 7.61. The number of nitrogens with zero attached hydrogens (tertiary/aromatic N) is 2. The molecule has 0 spiro atoms. The molecule has 0 N–H and O–H groups in total. The fourth-order valence-electron chi connectivity index (χ4n) is 3.01. The van der Waals surface area contributed by atoms with E-state index in [1.165, 1.54) is 4.90 Å². The van der Waals surface area contributed by atoms with Crippen molar-refractivity contribution in [3.8, 4) is 0 Å². The number of benzene rings is 1. The van der Waals surface area contributed by atoms with Crippen molar-refractivity contribution in [2.75, 3.05) is 4.90 Å². The Hall–Kier alpha value is -2.47. The molecule has 3 rings (SSSR count). The fourth-order valence-corrected chi connectivity index (χ4v) is 3.71. The number of amides is 3. The molecule has 0 radical (unpaired) electrons. The Morgan fingerprint density at radius 3 is 2.60 bits per heavy atom. The summed E-state index contributed by atoms with van der Waals surface area (Å²) in [6.07, 6.45) is 1.11. The number of carbonyl (C=O) groups is 3. The molecule has 2 heterocycles. The Labute approximate surface area is 150 Å². The van der Waals surface area contributed by atoms with Crippen LogP contribution in [0.2, 0.25) is 0 Å². The lowest BCUT2D eigenvalue weighted by Gasteiger charge is -2.27. The lowest BCUT2D eigenvalue weighted by Crippen LogP contribution is -2.44. The lowest BCUT2D eigenvalue weighted by molar-refractivity contribution is -0.139. The summed E-state index contributed by atoms with van der Waals surface area (Å²) in [5, 5.41) is 1.94. The summed E-state index contributed by atoms with van der Waals surface area (Å²) in [4.78, 5) is 41.7. The van der Waals surface area contributed by atoms with Gasteiger partial charge in [0.15, 0.2) is 0 Å². The minimum absolute atomic E-state index is 0.0363. The van der Waals surface area contributed by atoms with Gasteiger partial charge in [-0.2, -0.15) is 0 Å². The van der Waals surface area contributed by atoms with Crippen LogP contribution in [-0.4, -0.2) is 28.7 Å². The maximum absolute atomic E-state index is 12.9. The first-order chi connectivity index (χ1) is 12.1. The van der Waals surface area contributed by atoms with Crippen LogP contribution in [0.1, 0.15) is 31.1 Å². The van der Waals surface area contributed by atoms with Gasteiger partial charge in [-0.15, -0.1) is 11.3 Å². The van der Waals surface area contributed by atoms with Gasteiger partial charge in [0.25, 0.3) is 5.91 Å². The largest absolute Gasteiger partial charge is 0.325 e. The van der Waals surface area contributed by atoms with Crippen LogP contribution < -0.4 is 4.90 Å². The predicted molar refractivity (Wildman–Crippen MR) is 97.1 cm³/mol. The molecule has 1 aliphatic heterocycles. The molecule has 25 heavy (non-hydrogen) atoms. The number of thiophene rings is 1. The molecule has 130 valence electrons. The third-order valence-electron chi connectivity index (χ3n) is 4.20. The van der Waals surface area contributed by atoms with E-state index >= 15 is 0 Å². The first-order valence-electron chi connectivity index (χ1n) is 8.35. The van der Waals surface area contributed by atoms with E-state index in [2.05, 4.69) is 0 Å². The van der Waals surface area contributed by atoms with Crippen molar-refractivity contribution in [3.05, 3.63) is 52.7 Å². The molecule has 1 unspecified atom stereocenters. The maximum atomic E-state index is 12.9. The number of carbonyl (C=O) groups excluding carboxylic acids is 3. The average Bonchev–Trinajstić information content (AvgIpc) is 3.21. The first kappa shape index (κ1) is 17.4. The van der Waals surface area contributed by atoms with Crippen LogP contribution in [0, 0.1) is 0 Å². The zero-order valence-electron chi connectivity index (χ0n) is 14.1. The summed E-state index contributed by atoms with van der Waals surface area (Å²) in [6, 6.07) is 12.0. The first-order valence-corrected chi connectivity index (χ1v) is 9.23. The Balaban J connectivity index is 1.87. The molecule has 1 atom stereocenters. The Morgan fingerprint density at radius 1 is 1.20 bits per heavy atom. The maximum Gasteiger partial charge on any atom is 0.257 e. The second-order valence-electron chi connectivity index (χ2n) is 5.97. The third-order valence-corrected chi connectivity index (χ3v) is 5.07. The number of para-hydroxylation sites is 1. The van der Waals surface area contributed by atoms with Crippen molar-refractivity contribution in [1.82, 2.24) is 4.90 Å². The van der Waals surface area contributed by atoms with Crippen LogP contribution in [0.5, 0.6) is 0 Å². The van der Waals surface area contributed by atoms with E-state index in [0.29, 0.717) is 25.1 Å². The van der Waals surface area contributed by atoms with Crippen LogP contribution in [0.15, 0.2) is 47.8 Å². The van der Waals surface area contributed by atoms with E-state index in [1.807, 2.05) is 30.5 Å². The van der Waals surface area contributed by atoms with Gasteiger partial charge in [0.1, 0.15) is 6.04 Å². The molecule has 1 fully saturated rings. The predicted octanol–water partition coefficient (Wildman–Crippen LogP) is 3.21. The highest BCUT2D eigenvalue weighted by Crippen LogP contribution is 2.27. The molecule has 6 heteroatoms. The molecular formula is C19H20N2O3S. The average molecular weight is 356 g/mol. The normalized spacial score (nSPS) is 17.2. The van der Waals surface area contributed by atoms with Gasteiger partial charge in [0.05, 0.1) is 18.7 Å². The molecule has 1 aromatic heterocycles. The van der Waals surface area contributed by atoms with Crippen molar-refractivity contribution in [1.29, 1.82) is 0 Å². The highest BCUT2D eigenvalue weighted by molar-refractivity contribution is 7.09. The van der Waals surface area contributed by atoms with E-state index in [9.17, 15) is 14.4 Å². The van der Waals surface area contributed by atoms with Crippen LogP contribution >= 0.6 is 11.3 Å². The van der Waals surface area contributed by atoms with E-state index in [-0.39, 0.29) is 24.1 Å². The molecule has 0 bridgehead atoms. The van der Waals surface area contributed by atoms with Gasteiger partial charge in [-0.1, -0.05) is 31.2 Å². The van der Waals surface area contributed by atoms with E-state index in [0.717, 1.165) is 4.88 Å². The van der Waals surface area contributed by atoms with Gasteiger partial charge >= 0.3 is 0 Å². The standard InChI is InChI=1S/C19H20N2O3S/c1-2-7-17(22)20(13-15-10-6-11-25-15)16-12-18(23)21(19(16)24)14-8-4-3-5-9-14/h3-6,8-11,16H,2,7,12-13H2,1H3. The minimum atomic E-state index is -0.728. The molecule has 5 nitrogen and oxygen atoms in total. The lowest BCUT2D eigenvalue weighted by atomic mass is 10.1. The van der Waals surface area contributed by atoms with Gasteiger partial charge in [-0.05, 0) is 30.0 Å². The summed E-state index contributed by atoms with van der Waals surface area (Å²) in [7, 11) is 0. The highest BCUT2D eigenvalue weighted by Gasteiger charge is 2.44. The number of imide groups is 1. The zero-order valence-corrected chi connectivity index (χ0v) is 14.9. The SMILES string of the molecule is CCCC(=O)N(Cc1cccs1)C1CC(=O)N(c2ccccc2)C1=O. The Kier molecular flexibility index (Phi) is 5.28. The number of hydrogen-bond acceptors (Lipinski definition) is 4. The Morgan fingerprint density at radius 2 is 1.96 bits per heavy atom. The smallest absolute Gasteiger partial charge is 0.257 e. The second-order valence-corrected chi connectivity index (χ2v) is 7.01. The van der Waals surface area contributed by atoms with E-state index < -0.39 is 6.04 Å². The van der Waals surface area contributed by atoms with Gasteiger partial charge in [-0.3, -0.25) is 14.4 Å². The quantitative estimate of drug-likeness (QED) is 0.747. The van der Waals surface area contributed by atoms with E-state index in [1.54, 1.807) is 40.5 Å². The Bertz CT molecular complexity index is 758. The molecule has 2 aromatic rings. The van der Waals surface area contributed by atoms with Crippen molar-refractivity contribution >= 4 is 34.7 Å². The van der Waals surface area contributed by atoms with Crippen molar-refractivity contribution in [2.45, 2.75) is 38.8 Å². The van der Waals surface area contributed by atoms with Gasteiger partial charge in [0.2, 0.25) is 11.8 Å². The molecular weight excluding hydrogens is 336 g/mol. The monoisotopic (exact) mass is 356 g/mol. The fraction of sp³-hybridized carbons (Fsp3) is 0.316. The van der Waals surface area contributed by atoms with Crippen LogP contribution in [0.25, 0.3) is 0 Å². The van der Waals surface area contributed by atoms with Gasteiger partial charge < -0.3 is 4.90 Å². The van der Waals surface area contributed by atoms with Crippen LogP contribution in [0.3, 0.4) is 0 Å². The van der Waals surface area contributed by atoms with Crippen LogP contribution in [0.4, 0.5) is 5.69 Å². The highest BCUT2D eigenvalue weighted by atomic mass is 32.1. The van der Waals surface area contributed by atoms with Crippen molar-refractivity contribution in [2.24, 2.45) is 0 Å². The van der Waals surface area contributed by atoms with Gasteiger partial charge in [-0.25, -0.2) is 4.90 Å². The molecule has 1 aromatic carbocycles. The van der Waals surface area contributed by atoms with Crippen molar-refractivity contribution < 1.29 is 14.4 Å². The summed E-state index contributed by atoms with van der Waals surface area (Å²) in [5.74, 6) is -0.671. The number of rotatable bonds is 6. The third kappa shape index (κ3) is 3.64. The number of anilines is 1. The molecule has 1 aliphatic rings. The summed E-state index contributed by atoms with van der Waals surface area (Å²) in [6.45, 7) is 2.29. The molecule has 3 amide bonds. The van der Waals surface area contributed by atoms with Crippen molar-refractivity contribution in [3.63, 3.8) is 0 Å². The summed E-state index contributed by atoms with van der Waals surface area (Å²) in [5.41, 5.74) is 0.555. The minimum Gasteiger partial charge on any atom is -0.325 e. The van der Waals surface area contributed by atoms with E-state index in [4.69, 9.17) is 0 Å². The van der Waals surface area contributed by atoms with Gasteiger partial charge in [0, 0.05) is 11.3 Å². The zero-order chi connectivity index (χ0) is 17.8. The summed E-state index contributed by atoms with van der Waals surface area (Å²) >= 11 is 1.54. The molecule has 0 saturated carbocycles.